The number of β-lactam (4-membered cyclic amide) rings is 1. The molecule has 0 aromatic heterocycles. The maximum Gasteiger partial charge on any atom is 0.328 e. The van der Waals surface area contributed by atoms with E-state index >= 15 is 0 Å². The number of aliphatic hydroxyl groups excluding tert-OH is 1. The zero-order valence-corrected chi connectivity index (χ0v) is 27.0. The van der Waals surface area contributed by atoms with Crippen molar-refractivity contribution in [3.8, 4) is 5.75 Å². The molecule has 0 radical (unpaired) electrons. The normalized spacial score (nSPS) is 16.5. The van der Waals surface area contributed by atoms with Crippen LogP contribution in [0.25, 0.3) is 0 Å². The number of nitrogens with zero attached hydrogens (tertiary/aromatic N) is 1. The van der Waals surface area contributed by atoms with Gasteiger partial charge in [0.15, 0.2) is 12.4 Å². The monoisotopic (exact) mass is 703 g/mol. The van der Waals surface area contributed by atoms with Gasteiger partial charge >= 0.3 is 5.97 Å². The van der Waals surface area contributed by atoms with Crippen molar-refractivity contribution in [1.82, 2.24) is 10.6 Å². The molecule has 0 saturated carbocycles. The Bertz CT molecular complexity index is 1840. The van der Waals surface area contributed by atoms with Crippen LogP contribution in [0.2, 0.25) is 0 Å². The number of hydrogen-bond acceptors (Lipinski definition) is 8. The zero-order chi connectivity index (χ0) is 35.8. The van der Waals surface area contributed by atoms with Crippen LogP contribution in [-0.2, 0) is 19.2 Å². The first-order chi connectivity index (χ1) is 24.0. The van der Waals surface area contributed by atoms with Gasteiger partial charge in [0.2, 0.25) is 11.8 Å². The lowest BCUT2D eigenvalue weighted by atomic mass is 9.92. The summed E-state index contributed by atoms with van der Waals surface area (Å²) in [7, 11) is 0. The Labute approximate surface area is 289 Å². The van der Waals surface area contributed by atoms with E-state index in [1.165, 1.54) is 53.4 Å². The lowest BCUT2D eigenvalue weighted by molar-refractivity contribution is -0.143. The van der Waals surface area contributed by atoms with E-state index in [1.807, 2.05) is 0 Å². The van der Waals surface area contributed by atoms with Crippen LogP contribution in [0.5, 0.6) is 5.75 Å². The summed E-state index contributed by atoms with van der Waals surface area (Å²) in [5.41, 5.74) is 1.83. The van der Waals surface area contributed by atoms with E-state index in [0.29, 0.717) is 22.4 Å². The molecule has 0 aliphatic carbocycles. The van der Waals surface area contributed by atoms with Gasteiger partial charge < -0.3 is 30.5 Å². The Morgan fingerprint density at radius 1 is 0.840 bits per heavy atom. The van der Waals surface area contributed by atoms with E-state index in [1.54, 1.807) is 54.6 Å². The van der Waals surface area contributed by atoms with Crippen LogP contribution in [-0.4, -0.2) is 69.9 Å². The van der Waals surface area contributed by atoms with Gasteiger partial charge in [0.1, 0.15) is 34.7 Å². The topological polar surface area (TPSA) is 162 Å². The van der Waals surface area contributed by atoms with Crippen molar-refractivity contribution in [2.75, 3.05) is 23.9 Å². The molecular formula is C36H31F2N3O8S. The molecule has 1 aliphatic heterocycles. The highest BCUT2D eigenvalue weighted by atomic mass is 32.2. The van der Waals surface area contributed by atoms with Gasteiger partial charge in [0, 0.05) is 11.3 Å². The summed E-state index contributed by atoms with van der Waals surface area (Å²) in [5.74, 6) is -4.22. The molecule has 4 N–H and O–H groups in total. The number of carbonyl (C=O) groups is 5. The molecule has 0 bridgehead atoms. The molecule has 5 rings (SSSR count). The van der Waals surface area contributed by atoms with Gasteiger partial charge in [-0.2, -0.15) is 0 Å². The highest BCUT2D eigenvalue weighted by molar-refractivity contribution is 8.01. The first-order valence-electron chi connectivity index (χ1n) is 15.3. The second-order valence-corrected chi connectivity index (χ2v) is 12.3. The number of ether oxygens (including phenoxy) is 1. The number of amides is 3. The first kappa shape index (κ1) is 35.7. The number of carbonyl (C=O) groups excluding carboxylic acids is 4. The molecule has 4 aromatic carbocycles. The molecular weight excluding hydrogens is 672 g/mol. The average molecular weight is 704 g/mol. The van der Waals surface area contributed by atoms with Crippen LogP contribution >= 0.6 is 11.8 Å². The first-order valence-corrected chi connectivity index (χ1v) is 16.3. The minimum atomic E-state index is -1.57. The number of thioether (sulfide) groups is 1. The summed E-state index contributed by atoms with van der Waals surface area (Å²) in [6.45, 7) is -1.36. The number of aliphatic hydroxyl groups is 1. The van der Waals surface area contributed by atoms with Crippen LogP contribution in [0.15, 0.2) is 103 Å². The zero-order valence-electron chi connectivity index (χ0n) is 26.2. The van der Waals surface area contributed by atoms with Crippen LogP contribution < -0.4 is 20.3 Å². The second-order valence-electron chi connectivity index (χ2n) is 11.1. The summed E-state index contributed by atoms with van der Waals surface area (Å²) >= 11 is 1.14. The molecule has 4 atom stereocenters. The number of carboxylic acids is 1. The molecule has 14 heteroatoms. The third kappa shape index (κ3) is 8.51. The third-order valence-corrected chi connectivity index (χ3v) is 9.05. The Hall–Kier alpha value is -5.60. The van der Waals surface area contributed by atoms with Gasteiger partial charge in [-0.05, 0) is 71.8 Å². The summed E-state index contributed by atoms with van der Waals surface area (Å²) in [4.78, 5) is 64.7. The second kappa shape index (κ2) is 16.2. The molecule has 11 nitrogen and oxygen atoms in total. The van der Waals surface area contributed by atoms with Crippen molar-refractivity contribution in [1.29, 1.82) is 0 Å². The SMILES string of the molecule is O=C(COc1ccc(C2C(SCC(=O)c3ccc(F)cc3)C(=O)N2c2ccc(F)cc2)cc1)N[C@@H](C(=O)N[C@H](CO)C(=O)O)c1ccccc1. The minimum absolute atomic E-state index is 0.0366. The average Bonchev–Trinajstić information content (AvgIpc) is 3.12. The van der Waals surface area contributed by atoms with Gasteiger partial charge in [0.05, 0.1) is 18.4 Å². The number of ketones is 1. The van der Waals surface area contributed by atoms with E-state index in [2.05, 4.69) is 10.6 Å². The summed E-state index contributed by atoms with van der Waals surface area (Å²) in [5, 5.41) is 22.6. The van der Waals surface area contributed by atoms with Crippen molar-refractivity contribution in [2.45, 2.75) is 23.4 Å². The molecule has 258 valence electrons. The van der Waals surface area contributed by atoms with Crippen molar-refractivity contribution in [2.24, 2.45) is 0 Å². The number of nitrogens with one attached hydrogen (secondary N) is 2. The number of hydrogen-bond donors (Lipinski definition) is 4. The van der Waals surface area contributed by atoms with Crippen molar-refractivity contribution < 1.29 is 47.7 Å². The highest BCUT2D eigenvalue weighted by Crippen LogP contribution is 2.45. The predicted octanol–water partition coefficient (Wildman–Crippen LogP) is 3.84. The maximum atomic E-state index is 13.7. The number of carboxylic acid groups (broad SMARTS) is 1. The van der Waals surface area contributed by atoms with Gasteiger partial charge in [-0.1, -0.05) is 42.5 Å². The molecule has 2 unspecified atom stereocenters. The van der Waals surface area contributed by atoms with E-state index in [9.17, 15) is 43.0 Å². The van der Waals surface area contributed by atoms with E-state index in [-0.39, 0.29) is 23.2 Å². The lowest BCUT2D eigenvalue weighted by Gasteiger charge is -2.47. The van der Waals surface area contributed by atoms with E-state index in [4.69, 9.17) is 4.74 Å². The summed E-state index contributed by atoms with van der Waals surface area (Å²) in [6, 6.07) is 21.9. The Morgan fingerprint density at radius 3 is 2.06 bits per heavy atom. The predicted molar refractivity (Wildman–Crippen MR) is 180 cm³/mol. The molecule has 50 heavy (non-hydrogen) atoms. The van der Waals surface area contributed by atoms with Crippen molar-refractivity contribution >= 4 is 46.9 Å². The quantitative estimate of drug-likeness (QED) is 0.107. The Morgan fingerprint density at radius 2 is 1.46 bits per heavy atom. The molecule has 1 aliphatic rings. The van der Waals surface area contributed by atoms with E-state index < -0.39 is 66.0 Å². The summed E-state index contributed by atoms with van der Waals surface area (Å²) in [6.07, 6.45) is 0. The lowest BCUT2D eigenvalue weighted by Crippen LogP contribution is -2.57. The number of rotatable bonds is 15. The van der Waals surface area contributed by atoms with Gasteiger partial charge in [0.25, 0.3) is 5.91 Å². The van der Waals surface area contributed by atoms with Crippen LogP contribution in [0.1, 0.15) is 33.6 Å². The largest absolute Gasteiger partial charge is 0.484 e. The third-order valence-electron chi connectivity index (χ3n) is 7.80. The fraction of sp³-hybridized carbons (Fsp3) is 0.194. The van der Waals surface area contributed by atoms with Gasteiger partial charge in [-0.15, -0.1) is 11.8 Å². The molecule has 1 saturated heterocycles. The molecule has 1 fully saturated rings. The smallest absolute Gasteiger partial charge is 0.328 e. The van der Waals surface area contributed by atoms with Gasteiger partial charge in [-0.25, -0.2) is 13.6 Å². The van der Waals surface area contributed by atoms with Crippen molar-refractivity contribution in [3.63, 3.8) is 0 Å². The minimum Gasteiger partial charge on any atom is -0.484 e. The number of benzene rings is 4. The number of anilines is 1. The van der Waals surface area contributed by atoms with Crippen LogP contribution in [0, 0.1) is 11.6 Å². The van der Waals surface area contributed by atoms with Crippen LogP contribution in [0.4, 0.5) is 14.5 Å². The molecule has 4 aromatic rings. The number of halogens is 2. The fourth-order valence-corrected chi connectivity index (χ4v) is 6.44. The Kier molecular flexibility index (Phi) is 11.6. The van der Waals surface area contributed by atoms with E-state index in [0.717, 1.165) is 11.8 Å². The fourth-order valence-electron chi connectivity index (χ4n) is 5.22. The molecule has 3 amide bonds. The number of aliphatic carboxylic acids is 1. The Balaban J connectivity index is 1.26. The van der Waals surface area contributed by atoms with Gasteiger partial charge in [-0.3, -0.25) is 19.2 Å². The van der Waals surface area contributed by atoms with Crippen LogP contribution in [0.3, 0.4) is 0 Å². The highest BCUT2D eigenvalue weighted by Gasteiger charge is 2.49. The standard InChI is InChI=1S/C36H31F2N3O8S/c37-24-10-6-21(7-11-24)29(43)20-50-33-32(41(35(33)46)26-14-12-25(38)13-15-26)23-8-16-27(17-9-23)49-19-30(44)40-31(22-4-2-1-3-5-22)34(45)39-28(18-42)36(47)48/h1-17,28,31-33,42H,18-20H2,(H,39,45)(H,40,44)(H,47,48)/t28-,31-,32?,33?/m1/s1. The maximum absolute atomic E-state index is 13.7. The number of Topliss-reactive ketones (excluding diaryl/α,β-unsaturated/α-hetero) is 1. The summed E-state index contributed by atoms with van der Waals surface area (Å²) < 4.78 is 32.6. The molecule has 1 heterocycles. The van der Waals surface area contributed by atoms with Crippen molar-refractivity contribution in [3.05, 3.63) is 131 Å². The molecule has 0 spiro atoms.